The number of Topliss-reactive ketones (excluding diaryl/α,β-unsaturated/α-hetero) is 1. The lowest BCUT2D eigenvalue weighted by Gasteiger charge is -2.23. The first-order valence-corrected chi connectivity index (χ1v) is 5.44. The molecule has 1 aliphatic carbocycles. The van der Waals surface area contributed by atoms with E-state index < -0.39 is 0 Å². The van der Waals surface area contributed by atoms with Crippen LogP contribution >= 0.6 is 0 Å². The number of carbonyl (C=O) groups excluding carboxylic acids is 1. The molecule has 0 saturated heterocycles. The van der Waals surface area contributed by atoms with Gasteiger partial charge in [-0.15, -0.1) is 0 Å². The van der Waals surface area contributed by atoms with E-state index in [0.717, 1.165) is 19.3 Å². The van der Waals surface area contributed by atoms with E-state index in [4.69, 9.17) is 5.11 Å². The van der Waals surface area contributed by atoms with Crippen molar-refractivity contribution >= 4 is 5.78 Å². The third-order valence-electron chi connectivity index (χ3n) is 3.12. The van der Waals surface area contributed by atoms with Gasteiger partial charge < -0.3 is 5.11 Å². The largest absolute Gasteiger partial charge is 0.396 e. The second kappa shape index (κ2) is 5.38. The molecule has 0 heterocycles. The summed E-state index contributed by atoms with van der Waals surface area (Å²) < 4.78 is 0. The summed E-state index contributed by atoms with van der Waals surface area (Å²) >= 11 is 0. The molecule has 0 amide bonds. The molecule has 76 valence electrons. The molecule has 1 saturated carbocycles. The van der Waals surface area contributed by atoms with E-state index in [2.05, 4.69) is 0 Å². The van der Waals surface area contributed by atoms with Gasteiger partial charge in [-0.25, -0.2) is 0 Å². The molecule has 0 aromatic heterocycles. The summed E-state index contributed by atoms with van der Waals surface area (Å²) in [5.41, 5.74) is 0. The second-order valence-corrected chi connectivity index (χ2v) is 4.03. The Bertz CT molecular complexity index is 155. The van der Waals surface area contributed by atoms with E-state index in [1.807, 2.05) is 6.92 Å². The van der Waals surface area contributed by atoms with Gasteiger partial charge in [-0.05, 0) is 19.3 Å². The van der Waals surface area contributed by atoms with Crippen molar-refractivity contribution in [2.75, 3.05) is 6.61 Å². The molecule has 1 aliphatic rings. The van der Waals surface area contributed by atoms with Crippen molar-refractivity contribution in [2.45, 2.75) is 45.4 Å². The number of aliphatic hydroxyl groups excluding tert-OH is 1. The SMILES string of the molecule is CCC(CO)C(=O)C1CCCCC1. The second-order valence-electron chi connectivity index (χ2n) is 4.03. The highest BCUT2D eigenvalue weighted by Crippen LogP contribution is 2.27. The monoisotopic (exact) mass is 184 g/mol. The van der Waals surface area contributed by atoms with Crippen molar-refractivity contribution in [2.24, 2.45) is 11.8 Å². The van der Waals surface area contributed by atoms with Crippen molar-refractivity contribution in [1.29, 1.82) is 0 Å². The highest BCUT2D eigenvalue weighted by molar-refractivity contribution is 5.83. The maximum atomic E-state index is 11.8. The minimum atomic E-state index is -0.0944. The minimum absolute atomic E-state index is 0.0336. The van der Waals surface area contributed by atoms with E-state index in [9.17, 15) is 4.79 Å². The summed E-state index contributed by atoms with van der Waals surface area (Å²) in [6.07, 6.45) is 6.55. The summed E-state index contributed by atoms with van der Waals surface area (Å²) in [5, 5.41) is 9.01. The van der Waals surface area contributed by atoms with Crippen LogP contribution in [0.2, 0.25) is 0 Å². The molecular formula is C11H20O2. The quantitative estimate of drug-likeness (QED) is 0.727. The molecule has 1 atom stereocenters. The fourth-order valence-corrected chi connectivity index (χ4v) is 2.14. The minimum Gasteiger partial charge on any atom is -0.396 e. The van der Waals surface area contributed by atoms with Crippen LogP contribution in [0.1, 0.15) is 45.4 Å². The first-order valence-electron chi connectivity index (χ1n) is 5.44. The molecule has 0 bridgehead atoms. The van der Waals surface area contributed by atoms with Gasteiger partial charge in [0.15, 0.2) is 0 Å². The van der Waals surface area contributed by atoms with Gasteiger partial charge in [-0.3, -0.25) is 4.79 Å². The molecular weight excluding hydrogens is 164 g/mol. The highest BCUT2D eigenvalue weighted by Gasteiger charge is 2.26. The van der Waals surface area contributed by atoms with Crippen LogP contribution in [-0.4, -0.2) is 17.5 Å². The molecule has 2 heteroatoms. The maximum Gasteiger partial charge on any atom is 0.141 e. The average Bonchev–Trinajstić information content (AvgIpc) is 2.21. The van der Waals surface area contributed by atoms with Gasteiger partial charge in [0.05, 0.1) is 6.61 Å². The maximum absolute atomic E-state index is 11.8. The summed E-state index contributed by atoms with van der Waals surface area (Å²) in [4.78, 5) is 11.8. The lowest BCUT2D eigenvalue weighted by Crippen LogP contribution is -2.27. The summed E-state index contributed by atoms with van der Waals surface area (Å²) in [6.45, 7) is 2.01. The Labute approximate surface area is 80.3 Å². The third kappa shape index (κ3) is 2.80. The van der Waals surface area contributed by atoms with E-state index in [1.165, 1.54) is 19.3 Å². The van der Waals surface area contributed by atoms with Gasteiger partial charge in [0.25, 0.3) is 0 Å². The zero-order chi connectivity index (χ0) is 9.68. The van der Waals surface area contributed by atoms with Crippen LogP contribution in [0.4, 0.5) is 0 Å². The molecule has 1 unspecified atom stereocenters. The normalized spacial score (nSPS) is 21.4. The van der Waals surface area contributed by atoms with Crippen molar-refractivity contribution < 1.29 is 9.90 Å². The van der Waals surface area contributed by atoms with Crippen molar-refractivity contribution in [3.8, 4) is 0 Å². The van der Waals surface area contributed by atoms with Gasteiger partial charge in [-0.1, -0.05) is 26.2 Å². The number of hydrogen-bond acceptors (Lipinski definition) is 2. The topological polar surface area (TPSA) is 37.3 Å². The first kappa shape index (κ1) is 10.7. The van der Waals surface area contributed by atoms with Crippen LogP contribution < -0.4 is 0 Å². The predicted octanol–water partition coefficient (Wildman–Crippen LogP) is 2.15. The Morgan fingerprint density at radius 1 is 1.38 bits per heavy atom. The lowest BCUT2D eigenvalue weighted by atomic mass is 9.81. The molecule has 0 spiro atoms. The predicted molar refractivity (Wildman–Crippen MR) is 52.4 cm³/mol. The van der Waals surface area contributed by atoms with E-state index in [1.54, 1.807) is 0 Å². The van der Waals surface area contributed by atoms with Gasteiger partial charge in [0.2, 0.25) is 0 Å². The molecule has 1 rings (SSSR count). The van der Waals surface area contributed by atoms with E-state index >= 15 is 0 Å². The number of hydrogen-bond donors (Lipinski definition) is 1. The number of aliphatic hydroxyl groups is 1. The molecule has 1 N–H and O–H groups in total. The van der Waals surface area contributed by atoms with Crippen LogP contribution in [0.15, 0.2) is 0 Å². The summed E-state index contributed by atoms with van der Waals surface area (Å²) in [6, 6.07) is 0. The molecule has 0 aromatic rings. The zero-order valence-electron chi connectivity index (χ0n) is 8.46. The molecule has 0 aromatic carbocycles. The van der Waals surface area contributed by atoms with Crippen molar-refractivity contribution in [3.05, 3.63) is 0 Å². The first-order chi connectivity index (χ1) is 6.29. The van der Waals surface area contributed by atoms with Crippen LogP contribution in [0.5, 0.6) is 0 Å². The number of rotatable bonds is 4. The molecule has 13 heavy (non-hydrogen) atoms. The summed E-state index contributed by atoms with van der Waals surface area (Å²) in [7, 11) is 0. The standard InChI is InChI=1S/C11H20O2/c1-2-9(8-12)11(13)10-6-4-3-5-7-10/h9-10,12H,2-8H2,1H3. The molecule has 0 radical (unpaired) electrons. The fourth-order valence-electron chi connectivity index (χ4n) is 2.14. The van der Waals surface area contributed by atoms with Crippen molar-refractivity contribution in [3.63, 3.8) is 0 Å². The Kier molecular flexibility index (Phi) is 4.43. The van der Waals surface area contributed by atoms with E-state index in [-0.39, 0.29) is 18.4 Å². The zero-order valence-corrected chi connectivity index (χ0v) is 8.46. The molecule has 1 fully saturated rings. The van der Waals surface area contributed by atoms with Crippen LogP contribution in [0.25, 0.3) is 0 Å². The summed E-state index contributed by atoms with van der Waals surface area (Å²) in [5.74, 6) is 0.471. The van der Waals surface area contributed by atoms with Crippen molar-refractivity contribution in [1.82, 2.24) is 0 Å². The highest BCUT2D eigenvalue weighted by atomic mass is 16.3. The molecule has 2 nitrogen and oxygen atoms in total. The van der Waals surface area contributed by atoms with Crippen LogP contribution in [0, 0.1) is 11.8 Å². The Balaban J connectivity index is 2.44. The number of carbonyl (C=O) groups is 1. The van der Waals surface area contributed by atoms with Gasteiger partial charge in [-0.2, -0.15) is 0 Å². The lowest BCUT2D eigenvalue weighted by molar-refractivity contribution is -0.129. The number of ketones is 1. The van der Waals surface area contributed by atoms with Gasteiger partial charge >= 0.3 is 0 Å². The third-order valence-corrected chi connectivity index (χ3v) is 3.12. The molecule has 0 aliphatic heterocycles. The van der Waals surface area contributed by atoms with Gasteiger partial charge in [0, 0.05) is 11.8 Å². The Morgan fingerprint density at radius 2 is 2.00 bits per heavy atom. The van der Waals surface area contributed by atoms with E-state index in [0.29, 0.717) is 5.78 Å². The van der Waals surface area contributed by atoms with Crippen LogP contribution in [-0.2, 0) is 4.79 Å². The Morgan fingerprint density at radius 3 is 2.46 bits per heavy atom. The van der Waals surface area contributed by atoms with Gasteiger partial charge in [0.1, 0.15) is 5.78 Å². The van der Waals surface area contributed by atoms with Crippen LogP contribution in [0.3, 0.4) is 0 Å². The smallest absolute Gasteiger partial charge is 0.141 e. The average molecular weight is 184 g/mol. The Hall–Kier alpha value is -0.370. The fraction of sp³-hybridized carbons (Fsp3) is 0.909.